The third-order valence-corrected chi connectivity index (χ3v) is 4.51. The van der Waals surface area contributed by atoms with Crippen LogP contribution in [0, 0.1) is 0 Å². The SMILES string of the molecule is C=CCn1c(SCCCCO)nc2sccc2c1=O. The van der Waals surface area contributed by atoms with E-state index in [1.165, 1.54) is 11.3 Å². The number of allylic oxidation sites excluding steroid dienone is 1. The van der Waals surface area contributed by atoms with Crippen molar-refractivity contribution in [3.05, 3.63) is 34.5 Å². The van der Waals surface area contributed by atoms with Crippen LogP contribution < -0.4 is 5.56 Å². The summed E-state index contributed by atoms with van der Waals surface area (Å²) in [7, 11) is 0. The Balaban J connectivity index is 2.31. The average Bonchev–Trinajstić information content (AvgIpc) is 2.87. The minimum atomic E-state index is -0.00388. The van der Waals surface area contributed by atoms with Gasteiger partial charge in [-0.2, -0.15) is 0 Å². The molecule has 0 aliphatic rings. The molecule has 0 aliphatic carbocycles. The summed E-state index contributed by atoms with van der Waals surface area (Å²) < 4.78 is 1.66. The smallest absolute Gasteiger partial charge is 0.263 e. The predicted molar refractivity (Wildman–Crippen MR) is 81.1 cm³/mol. The first-order chi connectivity index (χ1) is 9.27. The maximum atomic E-state index is 12.3. The molecule has 0 unspecified atom stereocenters. The maximum Gasteiger partial charge on any atom is 0.263 e. The van der Waals surface area contributed by atoms with Gasteiger partial charge in [0.25, 0.3) is 5.56 Å². The molecular weight excluding hydrogens is 280 g/mol. The van der Waals surface area contributed by atoms with Gasteiger partial charge in [-0.15, -0.1) is 17.9 Å². The lowest BCUT2D eigenvalue weighted by atomic mass is 10.4. The fourth-order valence-corrected chi connectivity index (χ4v) is 3.52. The summed E-state index contributed by atoms with van der Waals surface area (Å²) in [6.07, 6.45) is 3.40. The molecule has 0 fully saturated rings. The van der Waals surface area contributed by atoms with E-state index in [2.05, 4.69) is 11.6 Å². The molecule has 19 heavy (non-hydrogen) atoms. The Morgan fingerprint density at radius 1 is 1.53 bits per heavy atom. The monoisotopic (exact) mass is 296 g/mol. The van der Waals surface area contributed by atoms with Gasteiger partial charge in [-0.3, -0.25) is 9.36 Å². The molecule has 0 saturated heterocycles. The zero-order valence-electron chi connectivity index (χ0n) is 10.5. The van der Waals surface area contributed by atoms with Gasteiger partial charge in [-0.1, -0.05) is 17.8 Å². The molecular formula is C13H16N2O2S2. The number of aromatic nitrogens is 2. The van der Waals surface area contributed by atoms with Crippen LogP contribution in [0.5, 0.6) is 0 Å². The molecule has 2 aromatic rings. The molecule has 2 rings (SSSR count). The van der Waals surface area contributed by atoms with E-state index in [9.17, 15) is 4.79 Å². The highest BCUT2D eigenvalue weighted by Gasteiger charge is 2.11. The lowest BCUT2D eigenvalue weighted by molar-refractivity contribution is 0.287. The molecule has 0 bridgehead atoms. The van der Waals surface area contributed by atoms with E-state index >= 15 is 0 Å². The third-order valence-electron chi connectivity index (χ3n) is 2.64. The van der Waals surface area contributed by atoms with Crippen molar-refractivity contribution in [3.8, 4) is 0 Å². The maximum absolute atomic E-state index is 12.3. The lowest BCUT2D eigenvalue weighted by Gasteiger charge is -2.09. The van der Waals surface area contributed by atoms with Crippen LogP contribution >= 0.6 is 23.1 Å². The van der Waals surface area contributed by atoms with E-state index < -0.39 is 0 Å². The van der Waals surface area contributed by atoms with Crippen LogP contribution in [0.2, 0.25) is 0 Å². The Labute approximate surface area is 119 Å². The molecule has 0 aliphatic heterocycles. The molecule has 0 spiro atoms. The van der Waals surface area contributed by atoms with Gasteiger partial charge in [-0.05, 0) is 24.3 Å². The second kappa shape index (κ2) is 6.88. The van der Waals surface area contributed by atoms with Crippen molar-refractivity contribution in [2.24, 2.45) is 0 Å². The van der Waals surface area contributed by atoms with E-state index in [4.69, 9.17) is 5.11 Å². The van der Waals surface area contributed by atoms with Gasteiger partial charge in [-0.25, -0.2) is 4.98 Å². The summed E-state index contributed by atoms with van der Waals surface area (Å²) in [5, 5.41) is 12.1. The number of fused-ring (bicyclic) bond motifs is 1. The number of rotatable bonds is 7. The van der Waals surface area contributed by atoms with Crippen molar-refractivity contribution in [1.29, 1.82) is 0 Å². The molecule has 0 amide bonds. The summed E-state index contributed by atoms with van der Waals surface area (Å²) in [5.41, 5.74) is -0.00388. The van der Waals surface area contributed by atoms with E-state index in [-0.39, 0.29) is 12.2 Å². The second-order valence-electron chi connectivity index (χ2n) is 4.02. The fraction of sp³-hybridized carbons (Fsp3) is 0.385. The normalized spacial score (nSPS) is 11.0. The molecule has 102 valence electrons. The molecule has 6 heteroatoms. The number of hydrogen-bond donors (Lipinski definition) is 1. The van der Waals surface area contributed by atoms with Crippen molar-refractivity contribution >= 4 is 33.3 Å². The minimum Gasteiger partial charge on any atom is -0.396 e. The molecule has 0 saturated carbocycles. The van der Waals surface area contributed by atoms with Crippen LogP contribution in [-0.2, 0) is 6.54 Å². The van der Waals surface area contributed by atoms with Crippen LogP contribution in [-0.4, -0.2) is 27.0 Å². The first kappa shape index (κ1) is 14.3. The third kappa shape index (κ3) is 3.26. The van der Waals surface area contributed by atoms with Gasteiger partial charge in [0, 0.05) is 18.9 Å². The number of aliphatic hydroxyl groups excluding tert-OH is 1. The zero-order valence-corrected chi connectivity index (χ0v) is 12.2. The van der Waals surface area contributed by atoms with Crippen molar-refractivity contribution < 1.29 is 5.11 Å². The molecule has 1 N–H and O–H groups in total. The Bertz CT molecular complexity index is 619. The largest absolute Gasteiger partial charge is 0.396 e. The van der Waals surface area contributed by atoms with Gasteiger partial charge in [0.15, 0.2) is 5.16 Å². The Hall–Kier alpha value is -1.11. The standard InChI is InChI=1S/C13H16N2O2S2/c1-2-6-15-12(17)10-5-9-18-11(10)14-13(15)19-8-4-3-7-16/h2,5,9,16H,1,3-4,6-8H2. The highest BCUT2D eigenvalue weighted by molar-refractivity contribution is 7.99. The highest BCUT2D eigenvalue weighted by atomic mass is 32.2. The summed E-state index contributed by atoms with van der Waals surface area (Å²) >= 11 is 3.04. The van der Waals surface area contributed by atoms with E-state index in [1.54, 1.807) is 22.4 Å². The second-order valence-corrected chi connectivity index (χ2v) is 5.97. The van der Waals surface area contributed by atoms with E-state index in [0.717, 1.165) is 28.6 Å². The summed E-state index contributed by atoms with van der Waals surface area (Å²) in [4.78, 5) is 17.7. The van der Waals surface area contributed by atoms with Crippen LogP contribution in [0.25, 0.3) is 10.2 Å². The zero-order chi connectivity index (χ0) is 13.7. The van der Waals surface area contributed by atoms with Gasteiger partial charge < -0.3 is 5.11 Å². The Kier molecular flexibility index (Phi) is 5.18. The van der Waals surface area contributed by atoms with E-state index in [0.29, 0.717) is 11.9 Å². The molecule has 4 nitrogen and oxygen atoms in total. The number of thioether (sulfide) groups is 1. The first-order valence-electron chi connectivity index (χ1n) is 6.10. The number of nitrogens with zero attached hydrogens (tertiary/aromatic N) is 2. The highest BCUT2D eigenvalue weighted by Crippen LogP contribution is 2.21. The van der Waals surface area contributed by atoms with Gasteiger partial charge >= 0.3 is 0 Å². The van der Waals surface area contributed by atoms with E-state index in [1.807, 2.05) is 11.4 Å². The Morgan fingerprint density at radius 2 is 2.37 bits per heavy atom. The molecule has 2 aromatic heterocycles. The van der Waals surface area contributed by atoms with Gasteiger partial charge in [0.05, 0.1) is 5.39 Å². The predicted octanol–water partition coefficient (Wildman–Crippen LogP) is 2.51. The van der Waals surface area contributed by atoms with Gasteiger partial charge in [0.2, 0.25) is 0 Å². The van der Waals surface area contributed by atoms with Gasteiger partial charge in [0.1, 0.15) is 4.83 Å². The summed E-state index contributed by atoms with van der Waals surface area (Å²) in [6.45, 7) is 4.37. The van der Waals surface area contributed by atoms with Crippen LogP contribution in [0.1, 0.15) is 12.8 Å². The number of aliphatic hydroxyl groups is 1. The molecule has 0 radical (unpaired) electrons. The van der Waals surface area contributed by atoms with Crippen molar-refractivity contribution in [3.63, 3.8) is 0 Å². The number of hydrogen-bond acceptors (Lipinski definition) is 5. The Morgan fingerprint density at radius 3 is 3.11 bits per heavy atom. The van der Waals surface area contributed by atoms with Crippen molar-refractivity contribution in [2.45, 2.75) is 24.5 Å². The average molecular weight is 296 g/mol. The first-order valence-corrected chi connectivity index (χ1v) is 7.97. The van der Waals surface area contributed by atoms with Crippen molar-refractivity contribution in [2.75, 3.05) is 12.4 Å². The number of unbranched alkanes of at least 4 members (excludes halogenated alkanes) is 1. The summed E-state index contributed by atoms with van der Waals surface area (Å²) in [5.74, 6) is 0.848. The summed E-state index contributed by atoms with van der Waals surface area (Å²) in [6, 6.07) is 1.81. The number of thiophene rings is 1. The molecule has 2 heterocycles. The lowest BCUT2D eigenvalue weighted by Crippen LogP contribution is -2.22. The van der Waals surface area contributed by atoms with Crippen molar-refractivity contribution in [1.82, 2.24) is 9.55 Å². The quantitative estimate of drug-likeness (QED) is 0.369. The van der Waals surface area contributed by atoms with Crippen LogP contribution in [0.15, 0.2) is 34.1 Å². The molecule has 0 atom stereocenters. The van der Waals surface area contributed by atoms with Crippen LogP contribution in [0.3, 0.4) is 0 Å². The fourth-order valence-electron chi connectivity index (χ4n) is 1.71. The minimum absolute atomic E-state index is 0.00388. The topological polar surface area (TPSA) is 55.1 Å². The molecule has 0 aromatic carbocycles. The van der Waals surface area contributed by atoms with Crippen LogP contribution in [0.4, 0.5) is 0 Å².